The lowest BCUT2D eigenvalue weighted by Crippen LogP contribution is -2.32. The fourth-order valence-corrected chi connectivity index (χ4v) is 1.77. The van der Waals surface area contributed by atoms with Gasteiger partial charge in [-0.3, -0.25) is 9.59 Å². The molecule has 0 bridgehead atoms. The predicted molar refractivity (Wildman–Crippen MR) is 48.4 cm³/mol. The lowest BCUT2D eigenvalue weighted by Gasteiger charge is -2.32. The molecule has 0 amide bonds. The summed E-state index contributed by atoms with van der Waals surface area (Å²) in [6.45, 7) is 3.87. The topological polar surface area (TPSA) is 54.4 Å². The number of carboxylic acid groups (broad SMARTS) is 1. The normalized spacial score (nSPS) is 27.2. The molecule has 1 fully saturated rings. The molecule has 0 spiro atoms. The van der Waals surface area contributed by atoms with Crippen LogP contribution in [0.1, 0.15) is 39.5 Å². The molecular formula is C10H16O3. The van der Waals surface area contributed by atoms with Gasteiger partial charge in [-0.1, -0.05) is 13.8 Å². The first kappa shape index (κ1) is 10.2. The van der Waals surface area contributed by atoms with E-state index in [4.69, 9.17) is 5.11 Å². The number of carbonyl (C=O) groups excluding carboxylic acids is 1. The van der Waals surface area contributed by atoms with Gasteiger partial charge in [0.2, 0.25) is 0 Å². The number of Topliss-reactive ketones (excluding diaryl/α,β-unsaturated/α-hetero) is 1. The van der Waals surface area contributed by atoms with E-state index in [9.17, 15) is 9.59 Å². The molecule has 0 heterocycles. The van der Waals surface area contributed by atoms with Gasteiger partial charge >= 0.3 is 5.97 Å². The van der Waals surface area contributed by atoms with Gasteiger partial charge < -0.3 is 5.11 Å². The average molecular weight is 184 g/mol. The van der Waals surface area contributed by atoms with Crippen molar-refractivity contribution in [2.75, 3.05) is 0 Å². The van der Waals surface area contributed by atoms with Crippen molar-refractivity contribution in [3.63, 3.8) is 0 Å². The molecule has 0 aromatic carbocycles. The molecule has 0 saturated heterocycles. The van der Waals surface area contributed by atoms with Crippen molar-refractivity contribution in [1.29, 1.82) is 0 Å². The highest BCUT2D eigenvalue weighted by atomic mass is 16.4. The highest BCUT2D eigenvalue weighted by molar-refractivity contribution is 5.85. The second-order valence-corrected chi connectivity index (χ2v) is 4.51. The summed E-state index contributed by atoms with van der Waals surface area (Å²) >= 11 is 0. The van der Waals surface area contributed by atoms with E-state index >= 15 is 0 Å². The van der Waals surface area contributed by atoms with Crippen LogP contribution in [-0.4, -0.2) is 16.9 Å². The summed E-state index contributed by atoms with van der Waals surface area (Å²) < 4.78 is 0. The minimum Gasteiger partial charge on any atom is -0.481 e. The molecule has 1 aliphatic rings. The number of hydrogen-bond acceptors (Lipinski definition) is 2. The first-order chi connectivity index (χ1) is 5.92. The van der Waals surface area contributed by atoms with Crippen molar-refractivity contribution >= 4 is 11.8 Å². The quantitative estimate of drug-likeness (QED) is 0.712. The van der Waals surface area contributed by atoms with E-state index in [-0.39, 0.29) is 23.5 Å². The van der Waals surface area contributed by atoms with Crippen LogP contribution in [0.5, 0.6) is 0 Å². The zero-order valence-corrected chi connectivity index (χ0v) is 8.17. The number of carbonyl (C=O) groups is 2. The van der Waals surface area contributed by atoms with E-state index in [1.807, 2.05) is 13.8 Å². The Labute approximate surface area is 78.1 Å². The third kappa shape index (κ3) is 2.54. The zero-order chi connectivity index (χ0) is 10.1. The predicted octanol–water partition coefficient (Wildman–Crippen LogP) is 1.86. The second kappa shape index (κ2) is 3.48. The molecule has 0 aromatic rings. The van der Waals surface area contributed by atoms with Crippen LogP contribution < -0.4 is 0 Å². The summed E-state index contributed by atoms with van der Waals surface area (Å²) in [6, 6.07) is 0. The van der Waals surface area contributed by atoms with Crippen LogP contribution in [0.25, 0.3) is 0 Å². The van der Waals surface area contributed by atoms with Gasteiger partial charge in [-0.25, -0.2) is 0 Å². The Morgan fingerprint density at radius 3 is 2.69 bits per heavy atom. The van der Waals surface area contributed by atoms with Gasteiger partial charge in [-0.15, -0.1) is 0 Å². The van der Waals surface area contributed by atoms with E-state index in [0.717, 1.165) is 12.8 Å². The van der Waals surface area contributed by atoms with Gasteiger partial charge in [0.15, 0.2) is 0 Å². The Balaban J connectivity index is 2.51. The average Bonchev–Trinajstić information content (AvgIpc) is 1.97. The molecule has 3 nitrogen and oxygen atoms in total. The summed E-state index contributed by atoms with van der Waals surface area (Å²) in [6.07, 6.45) is 2.27. The Hall–Kier alpha value is -0.860. The van der Waals surface area contributed by atoms with Crippen molar-refractivity contribution in [2.45, 2.75) is 39.5 Å². The van der Waals surface area contributed by atoms with E-state index < -0.39 is 5.97 Å². The Morgan fingerprint density at radius 2 is 2.23 bits per heavy atom. The zero-order valence-electron chi connectivity index (χ0n) is 8.17. The molecule has 74 valence electrons. The first-order valence-corrected chi connectivity index (χ1v) is 4.67. The fourth-order valence-electron chi connectivity index (χ4n) is 1.77. The minimum atomic E-state index is -0.794. The molecule has 1 aliphatic carbocycles. The Morgan fingerprint density at radius 1 is 1.62 bits per heavy atom. The SMILES string of the molecule is CC1(C)CCC(CC(=O)O)CC1=O. The van der Waals surface area contributed by atoms with Crippen molar-refractivity contribution in [3.8, 4) is 0 Å². The lowest BCUT2D eigenvalue weighted by atomic mass is 9.71. The first-order valence-electron chi connectivity index (χ1n) is 4.67. The maximum atomic E-state index is 11.5. The number of aliphatic carboxylic acids is 1. The van der Waals surface area contributed by atoms with Crippen LogP contribution in [0, 0.1) is 11.3 Å². The van der Waals surface area contributed by atoms with E-state index in [1.54, 1.807) is 0 Å². The van der Waals surface area contributed by atoms with E-state index in [2.05, 4.69) is 0 Å². The van der Waals surface area contributed by atoms with Gasteiger partial charge in [-0.05, 0) is 18.8 Å². The monoisotopic (exact) mass is 184 g/mol. The number of ketones is 1. The van der Waals surface area contributed by atoms with Gasteiger partial charge in [0.25, 0.3) is 0 Å². The number of rotatable bonds is 2. The summed E-state index contributed by atoms with van der Waals surface area (Å²) in [5.74, 6) is -0.513. The summed E-state index contributed by atoms with van der Waals surface area (Å²) in [7, 11) is 0. The molecule has 1 N–H and O–H groups in total. The van der Waals surface area contributed by atoms with Gasteiger partial charge in [-0.2, -0.15) is 0 Å². The number of hydrogen-bond donors (Lipinski definition) is 1. The maximum Gasteiger partial charge on any atom is 0.303 e. The largest absolute Gasteiger partial charge is 0.481 e. The fraction of sp³-hybridized carbons (Fsp3) is 0.800. The van der Waals surface area contributed by atoms with E-state index in [1.165, 1.54) is 0 Å². The van der Waals surface area contributed by atoms with Crippen molar-refractivity contribution in [2.24, 2.45) is 11.3 Å². The van der Waals surface area contributed by atoms with Crippen LogP contribution in [0.4, 0.5) is 0 Å². The molecular weight excluding hydrogens is 168 g/mol. The molecule has 0 aliphatic heterocycles. The molecule has 0 aromatic heterocycles. The van der Waals surface area contributed by atoms with Crippen molar-refractivity contribution in [3.05, 3.63) is 0 Å². The molecule has 1 unspecified atom stereocenters. The summed E-state index contributed by atoms with van der Waals surface area (Å²) in [4.78, 5) is 21.9. The van der Waals surface area contributed by atoms with Gasteiger partial charge in [0.05, 0.1) is 0 Å². The highest BCUT2D eigenvalue weighted by Gasteiger charge is 2.35. The maximum absolute atomic E-state index is 11.5. The molecule has 13 heavy (non-hydrogen) atoms. The Kier molecular flexibility index (Phi) is 2.74. The van der Waals surface area contributed by atoms with Crippen LogP contribution in [0.3, 0.4) is 0 Å². The second-order valence-electron chi connectivity index (χ2n) is 4.51. The third-order valence-electron chi connectivity index (χ3n) is 2.87. The van der Waals surface area contributed by atoms with Crippen molar-refractivity contribution < 1.29 is 14.7 Å². The van der Waals surface area contributed by atoms with E-state index in [0.29, 0.717) is 6.42 Å². The minimum absolute atomic E-state index is 0.0676. The van der Waals surface area contributed by atoms with Crippen LogP contribution in [0.2, 0.25) is 0 Å². The molecule has 0 radical (unpaired) electrons. The third-order valence-corrected chi connectivity index (χ3v) is 2.87. The highest BCUT2D eigenvalue weighted by Crippen LogP contribution is 2.36. The Bertz CT molecular complexity index is 230. The lowest BCUT2D eigenvalue weighted by molar-refractivity contribution is -0.139. The van der Waals surface area contributed by atoms with Gasteiger partial charge in [0.1, 0.15) is 5.78 Å². The molecule has 3 heteroatoms. The van der Waals surface area contributed by atoms with Crippen LogP contribution in [-0.2, 0) is 9.59 Å². The smallest absolute Gasteiger partial charge is 0.303 e. The molecule has 1 atom stereocenters. The number of carboxylic acids is 1. The van der Waals surface area contributed by atoms with Crippen LogP contribution >= 0.6 is 0 Å². The molecule has 1 saturated carbocycles. The van der Waals surface area contributed by atoms with Crippen LogP contribution in [0.15, 0.2) is 0 Å². The van der Waals surface area contributed by atoms with Crippen molar-refractivity contribution in [1.82, 2.24) is 0 Å². The summed E-state index contributed by atoms with van der Waals surface area (Å²) in [5, 5.41) is 8.57. The standard InChI is InChI=1S/C10H16O3/c1-10(2)4-3-7(5-8(10)11)6-9(12)13/h7H,3-6H2,1-2H3,(H,12,13). The summed E-state index contributed by atoms with van der Waals surface area (Å²) in [5.41, 5.74) is -0.227. The van der Waals surface area contributed by atoms with Gasteiger partial charge in [0, 0.05) is 18.3 Å². The molecule has 1 rings (SSSR count).